The number of hydrogen-bond donors (Lipinski definition) is 0. The van der Waals surface area contributed by atoms with Crippen LogP contribution in [0.2, 0.25) is 0 Å². The molecule has 0 unspecified atom stereocenters. The fourth-order valence-corrected chi connectivity index (χ4v) is 2.61. The molecule has 1 heterocycles. The summed E-state index contributed by atoms with van der Waals surface area (Å²) in [6, 6.07) is 5.18. The maximum Gasteiger partial charge on any atom is 0.127 e. The summed E-state index contributed by atoms with van der Waals surface area (Å²) in [7, 11) is 0. The van der Waals surface area contributed by atoms with Crippen molar-refractivity contribution < 1.29 is 4.39 Å². The number of nitrogens with zero attached hydrogens (tertiary/aromatic N) is 1. The van der Waals surface area contributed by atoms with Crippen molar-refractivity contribution in [3.8, 4) is 0 Å². The summed E-state index contributed by atoms with van der Waals surface area (Å²) in [6.45, 7) is 2.95. The molecule has 0 bridgehead atoms. The topological polar surface area (TPSA) is 3.24 Å². The molecule has 0 N–H and O–H groups in total. The molecule has 2 rings (SSSR count). The third-order valence-corrected chi connectivity index (χ3v) is 3.59. The Bertz CT molecular complexity index is 346. The predicted octanol–water partition coefficient (Wildman–Crippen LogP) is 3.96. The Morgan fingerprint density at radius 2 is 1.81 bits per heavy atom. The molecule has 0 amide bonds. The summed E-state index contributed by atoms with van der Waals surface area (Å²) in [5.74, 6) is -0.0903. The third kappa shape index (κ3) is 3.29. The largest absolute Gasteiger partial charge is 0.299 e. The van der Waals surface area contributed by atoms with Gasteiger partial charge in [0.15, 0.2) is 0 Å². The highest BCUT2D eigenvalue weighted by atomic mass is 79.9. The van der Waals surface area contributed by atoms with E-state index in [2.05, 4.69) is 20.8 Å². The molecule has 0 aromatic heterocycles. The van der Waals surface area contributed by atoms with E-state index < -0.39 is 0 Å². The van der Waals surface area contributed by atoms with E-state index in [1.807, 2.05) is 6.07 Å². The van der Waals surface area contributed by atoms with Gasteiger partial charge in [0.05, 0.1) is 0 Å². The van der Waals surface area contributed by atoms with E-state index in [9.17, 15) is 4.39 Å². The van der Waals surface area contributed by atoms with E-state index in [1.54, 1.807) is 6.07 Å². The zero-order chi connectivity index (χ0) is 11.4. The second-order valence-electron chi connectivity index (χ2n) is 4.43. The van der Waals surface area contributed by atoms with Crippen molar-refractivity contribution in [2.45, 2.75) is 32.2 Å². The molecule has 88 valence electrons. The van der Waals surface area contributed by atoms with E-state index in [0.717, 1.165) is 29.7 Å². The summed E-state index contributed by atoms with van der Waals surface area (Å²) in [4.78, 5) is 2.36. The average molecular weight is 286 g/mol. The zero-order valence-electron chi connectivity index (χ0n) is 9.38. The Morgan fingerprint density at radius 1 is 1.12 bits per heavy atom. The van der Waals surface area contributed by atoms with Crippen LogP contribution in [0.1, 0.15) is 31.2 Å². The van der Waals surface area contributed by atoms with Gasteiger partial charge in [-0.2, -0.15) is 0 Å². The third-order valence-electron chi connectivity index (χ3n) is 3.10. The molecule has 0 spiro atoms. The molecule has 1 aromatic rings. The lowest BCUT2D eigenvalue weighted by molar-refractivity contribution is 0.273. The van der Waals surface area contributed by atoms with Crippen molar-refractivity contribution >= 4 is 15.9 Å². The summed E-state index contributed by atoms with van der Waals surface area (Å²) in [6.07, 6.45) is 5.13. The normalized spacial score (nSPS) is 18.4. The minimum atomic E-state index is -0.0903. The minimum Gasteiger partial charge on any atom is -0.299 e. The molecule has 0 aliphatic carbocycles. The van der Waals surface area contributed by atoms with Gasteiger partial charge in [-0.05, 0) is 44.1 Å². The SMILES string of the molecule is Fc1ccc(Br)cc1CN1CCCCCC1. The monoisotopic (exact) mass is 285 g/mol. The zero-order valence-corrected chi connectivity index (χ0v) is 11.0. The first-order valence-corrected chi connectivity index (χ1v) is 6.71. The van der Waals surface area contributed by atoms with Crippen LogP contribution in [-0.4, -0.2) is 18.0 Å². The highest BCUT2D eigenvalue weighted by Crippen LogP contribution is 2.19. The summed E-state index contributed by atoms with van der Waals surface area (Å²) < 4.78 is 14.5. The van der Waals surface area contributed by atoms with E-state index in [0.29, 0.717) is 0 Å². The molecule has 16 heavy (non-hydrogen) atoms. The van der Waals surface area contributed by atoms with Gasteiger partial charge in [0, 0.05) is 16.6 Å². The summed E-state index contributed by atoms with van der Waals surface area (Å²) >= 11 is 3.39. The van der Waals surface area contributed by atoms with Crippen LogP contribution >= 0.6 is 15.9 Å². The van der Waals surface area contributed by atoms with Crippen LogP contribution in [0.4, 0.5) is 4.39 Å². The van der Waals surface area contributed by atoms with Gasteiger partial charge in [0.1, 0.15) is 5.82 Å². The predicted molar refractivity (Wildman–Crippen MR) is 67.8 cm³/mol. The Morgan fingerprint density at radius 3 is 2.50 bits per heavy atom. The number of halogens is 2. The van der Waals surface area contributed by atoms with Gasteiger partial charge in [-0.15, -0.1) is 0 Å². The van der Waals surface area contributed by atoms with Crippen LogP contribution in [0.3, 0.4) is 0 Å². The van der Waals surface area contributed by atoms with Crippen LogP contribution in [-0.2, 0) is 6.54 Å². The minimum absolute atomic E-state index is 0.0903. The second-order valence-corrected chi connectivity index (χ2v) is 5.34. The molecular formula is C13H17BrFN. The maximum atomic E-state index is 13.6. The summed E-state index contributed by atoms with van der Waals surface area (Å²) in [5.41, 5.74) is 0.802. The molecule has 1 fully saturated rings. The lowest BCUT2D eigenvalue weighted by atomic mass is 10.2. The number of likely N-dealkylation sites (tertiary alicyclic amines) is 1. The van der Waals surface area contributed by atoms with Crippen molar-refractivity contribution in [1.82, 2.24) is 4.90 Å². The highest BCUT2D eigenvalue weighted by molar-refractivity contribution is 9.10. The molecule has 1 aliphatic heterocycles. The van der Waals surface area contributed by atoms with Crippen LogP contribution in [0.15, 0.2) is 22.7 Å². The Kier molecular flexibility index (Phi) is 4.36. The first-order valence-electron chi connectivity index (χ1n) is 5.92. The van der Waals surface area contributed by atoms with E-state index in [4.69, 9.17) is 0 Å². The van der Waals surface area contributed by atoms with Gasteiger partial charge >= 0.3 is 0 Å². The number of hydrogen-bond acceptors (Lipinski definition) is 1. The molecule has 1 aliphatic rings. The van der Waals surface area contributed by atoms with Crippen LogP contribution in [0.25, 0.3) is 0 Å². The molecular weight excluding hydrogens is 269 g/mol. The van der Waals surface area contributed by atoms with E-state index >= 15 is 0 Å². The lowest BCUT2D eigenvalue weighted by Crippen LogP contribution is -2.24. The van der Waals surface area contributed by atoms with E-state index in [-0.39, 0.29) is 5.82 Å². The van der Waals surface area contributed by atoms with Gasteiger partial charge in [-0.3, -0.25) is 4.90 Å². The maximum absolute atomic E-state index is 13.6. The van der Waals surface area contributed by atoms with Gasteiger partial charge < -0.3 is 0 Å². The summed E-state index contributed by atoms with van der Waals surface area (Å²) in [5, 5.41) is 0. The highest BCUT2D eigenvalue weighted by Gasteiger charge is 2.11. The van der Waals surface area contributed by atoms with Crippen molar-refractivity contribution in [2.24, 2.45) is 0 Å². The number of benzene rings is 1. The Balaban J connectivity index is 2.04. The van der Waals surface area contributed by atoms with Gasteiger partial charge in [0.2, 0.25) is 0 Å². The smallest absolute Gasteiger partial charge is 0.127 e. The van der Waals surface area contributed by atoms with Crippen molar-refractivity contribution in [3.05, 3.63) is 34.1 Å². The van der Waals surface area contributed by atoms with Crippen molar-refractivity contribution in [3.63, 3.8) is 0 Å². The molecule has 0 radical (unpaired) electrons. The Labute approximate surface area is 105 Å². The quantitative estimate of drug-likeness (QED) is 0.795. The molecule has 1 aromatic carbocycles. The number of rotatable bonds is 2. The van der Waals surface area contributed by atoms with Crippen molar-refractivity contribution in [2.75, 3.05) is 13.1 Å². The fourth-order valence-electron chi connectivity index (χ4n) is 2.20. The average Bonchev–Trinajstić information content (AvgIpc) is 2.52. The fraction of sp³-hybridized carbons (Fsp3) is 0.538. The second kappa shape index (κ2) is 5.78. The molecule has 0 saturated carbocycles. The Hall–Kier alpha value is -0.410. The molecule has 3 heteroatoms. The first kappa shape index (κ1) is 12.1. The van der Waals surface area contributed by atoms with Crippen LogP contribution in [0.5, 0.6) is 0 Å². The van der Waals surface area contributed by atoms with Gasteiger partial charge in [-0.1, -0.05) is 28.8 Å². The van der Waals surface area contributed by atoms with Gasteiger partial charge in [-0.25, -0.2) is 4.39 Å². The molecule has 1 saturated heterocycles. The lowest BCUT2D eigenvalue weighted by Gasteiger charge is -2.20. The van der Waals surface area contributed by atoms with Crippen LogP contribution in [0, 0.1) is 5.82 Å². The van der Waals surface area contributed by atoms with E-state index in [1.165, 1.54) is 31.7 Å². The van der Waals surface area contributed by atoms with Crippen LogP contribution < -0.4 is 0 Å². The van der Waals surface area contributed by atoms with Gasteiger partial charge in [0.25, 0.3) is 0 Å². The first-order chi connectivity index (χ1) is 7.75. The molecule has 1 nitrogen and oxygen atoms in total. The molecule has 0 atom stereocenters. The standard InChI is InChI=1S/C13H17BrFN/c14-12-5-6-13(15)11(9-12)10-16-7-3-1-2-4-8-16/h5-6,9H,1-4,7-8,10H2. The van der Waals surface area contributed by atoms with Crippen molar-refractivity contribution in [1.29, 1.82) is 0 Å².